The fraction of sp³-hybridized carbons (Fsp3) is 0.500. The molecule has 0 amide bonds. The number of Topliss-reactive ketones (excluding diaryl/α,β-unsaturated/α-hetero) is 1. The number of carbonyl (C=O) groups excluding carboxylic acids is 1. The van der Waals surface area contributed by atoms with E-state index in [9.17, 15) is 9.59 Å². The maximum Gasteiger partial charge on any atom is 0.262 e. The third-order valence-electron chi connectivity index (χ3n) is 6.29. The lowest BCUT2D eigenvalue weighted by Crippen LogP contribution is -2.25. The van der Waals surface area contributed by atoms with Crippen molar-refractivity contribution in [2.75, 3.05) is 6.61 Å². The van der Waals surface area contributed by atoms with Gasteiger partial charge in [-0.15, -0.1) is 11.3 Å². The number of carbonyl (C=O) groups is 1. The highest BCUT2D eigenvalue weighted by molar-refractivity contribution is 7.18. The first-order valence-corrected chi connectivity index (χ1v) is 11.2. The first-order chi connectivity index (χ1) is 14.0. The van der Waals surface area contributed by atoms with E-state index in [1.54, 1.807) is 11.3 Å². The summed E-state index contributed by atoms with van der Waals surface area (Å²) in [4.78, 5) is 32.7. The van der Waals surface area contributed by atoms with Crippen LogP contribution in [0.4, 0.5) is 0 Å². The molecule has 3 aromatic heterocycles. The largest absolute Gasteiger partial charge is 0.376 e. The van der Waals surface area contributed by atoms with Crippen LogP contribution in [0.25, 0.3) is 10.2 Å². The molecule has 1 aliphatic heterocycles. The predicted molar refractivity (Wildman–Crippen MR) is 113 cm³/mol. The van der Waals surface area contributed by atoms with Crippen molar-refractivity contribution in [1.82, 2.24) is 14.1 Å². The van der Waals surface area contributed by atoms with Gasteiger partial charge >= 0.3 is 0 Å². The van der Waals surface area contributed by atoms with Crippen LogP contribution in [0.5, 0.6) is 0 Å². The highest BCUT2D eigenvalue weighted by Gasteiger charge is 2.24. The molecule has 2 aliphatic rings. The summed E-state index contributed by atoms with van der Waals surface area (Å²) in [6, 6.07) is 1.94. The first-order valence-electron chi connectivity index (χ1n) is 10.3. The maximum atomic E-state index is 13.1. The zero-order valence-corrected chi connectivity index (χ0v) is 17.7. The van der Waals surface area contributed by atoms with Crippen molar-refractivity contribution < 1.29 is 9.53 Å². The molecule has 0 spiro atoms. The summed E-state index contributed by atoms with van der Waals surface area (Å²) < 4.78 is 9.40. The van der Waals surface area contributed by atoms with Crippen molar-refractivity contribution in [2.45, 2.75) is 65.1 Å². The Morgan fingerprint density at radius 3 is 2.97 bits per heavy atom. The van der Waals surface area contributed by atoms with Gasteiger partial charge in [-0.2, -0.15) is 0 Å². The van der Waals surface area contributed by atoms with Crippen LogP contribution in [0.2, 0.25) is 0 Å². The number of nitrogens with zero attached hydrogens (tertiary/aromatic N) is 3. The molecule has 0 bridgehead atoms. The van der Waals surface area contributed by atoms with Crippen LogP contribution in [0.1, 0.15) is 51.4 Å². The van der Waals surface area contributed by atoms with E-state index in [1.807, 2.05) is 19.9 Å². The molecule has 1 saturated heterocycles. The second-order valence-corrected chi connectivity index (χ2v) is 9.25. The molecule has 1 fully saturated rings. The SMILES string of the molecule is Cc1cc(C(=O)Cn2cnc3sc4c(c3c2=O)CCC4)c(C)n1C[C@@H]1CCCO1. The molecule has 0 unspecified atom stereocenters. The van der Waals surface area contributed by atoms with Crippen LogP contribution >= 0.6 is 11.3 Å². The quantitative estimate of drug-likeness (QED) is 0.604. The van der Waals surface area contributed by atoms with Crippen molar-refractivity contribution in [3.63, 3.8) is 0 Å². The number of ether oxygens (including phenoxy) is 1. The Labute approximate surface area is 173 Å². The number of aromatic nitrogens is 3. The standard InChI is InChI=1S/C22H25N3O3S/c1-13-9-17(14(2)25(13)10-15-5-4-8-28-15)18(26)11-24-12-23-21-20(22(24)27)16-6-3-7-19(16)29-21/h9,12,15H,3-8,10-11H2,1-2H3/t15-/m0/s1. The van der Waals surface area contributed by atoms with Gasteiger partial charge in [-0.3, -0.25) is 14.2 Å². The molecule has 3 aromatic rings. The summed E-state index contributed by atoms with van der Waals surface area (Å²) in [7, 11) is 0. The van der Waals surface area contributed by atoms with Crippen molar-refractivity contribution in [2.24, 2.45) is 0 Å². The second-order valence-electron chi connectivity index (χ2n) is 8.17. The normalized spacial score (nSPS) is 18.6. The van der Waals surface area contributed by atoms with Gasteiger partial charge in [0.2, 0.25) is 0 Å². The first kappa shape index (κ1) is 18.8. The fourth-order valence-corrected chi connectivity index (χ4v) is 5.95. The third kappa shape index (κ3) is 3.16. The predicted octanol–water partition coefficient (Wildman–Crippen LogP) is 3.43. The number of fused-ring (bicyclic) bond motifs is 3. The number of rotatable bonds is 5. The van der Waals surface area contributed by atoms with Crippen molar-refractivity contribution in [1.29, 1.82) is 0 Å². The van der Waals surface area contributed by atoms with E-state index in [2.05, 4.69) is 9.55 Å². The van der Waals surface area contributed by atoms with Crippen LogP contribution in [0, 0.1) is 13.8 Å². The average Bonchev–Trinajstić information content (AvgIpc) is 3.45. The molecule has 0 aromatic carbocycles. The maximum absolute atomic E-state index is 13.1. The van der Waals surface area contributed by atoms with Crippen LogP contribution < -0.4 is 5.56 Å². The lowest BCUT2D eigenvalue weighted by molar-refractivity contribution is 0.0948. The number of aryl methyl sites for hydroxylation is 3. The number of ketones is 1. The Morgan fingerprint density at radius 1 is 1.31 bits per heavy atom. The van der Waals surface area contributed by atoms with E-state index in [1.165, 1.54) is 15.8 Å². The van der Waals surface area contributed by atoms with Gasteiger partial charge in [0, 0.05) is 35.0 Å². The molecule has 4 heterocycles. The number of hydrogen-bond acceptors (Lipinski definition) is 5. The van der Waals surface area contributed by atoms with E-state index in [4.69, 9.17) is 4.74 Å². The highest BCUT2D eigenvalue weighted by atomic mass is 32.1. The lowest BCUT2D eigenvalue weighted by atomic mass is 10.1. The van der Waals surface area contributed by atoms with Gasteiger partial charge in [-0.25, -0.2) is 4.98 Å². The van der Waals surface area contributed by atoms with Gasteiger partial charge in [0.15, 0.2) is 5.78 Å². The Balaban J connectivity index is 1.43. The van der Waals surface area contributed by atoms with Crippen LogP contribution in [0.15, 0.2) is 17.2 Å². The Kier molecular flexibility index (Phi) is 4.67. The molecular weight excluding hydrogens is 386 g/mol. The Morgan fingerprint density at radius 2 is 2.17 bits per heavy atom. The van der Waals surface area contributed by atoms with E-state index in [0.717, 1.165) is 72.4 Å². The van der Waals surface area contributed by atoms with Crippen molar-refractivity contribution in [3.8, 4) is 0 Å². The zero-order valence-electron chi connectivity index (χ0n) is 16.9. The topological polar surface area (TPSA) is 66.1 Å². The fourth-order valence-electron chi connectivity index (χ4n) is 4.73. The molecule has 29 heavy (non-hydrogen) atoms. The molecule has 5 rings (SSSR count). The van der Waals surface area contributed by atoms with Crippen LogP contribution in [-0.4, -0.2) is 32.6 Å². The van der Waals surface area contributed by atoms with E-state index in [-0.39, 0.29) is 24.0 Å². The monoisotopic (exact) mass is 411 g/mol. The molecule has 152 valence electrons. The molecular formula is C22H25N3O3S. The molecule has 1 aliphatic carbocycles. The molecule has 1 atom stereocenters. The zero-order chi connectivity index (χ0) is 20.1. The minimum absolute atomic E-state index is 0.0244. The second kappa shape index (κ2) is 7.22. The summed E-state index contributed by atoms with van der Waals surface area (Å²) in [5.74, 6) is -0.0492. The number of thiophene rings is 1. The average molecular weight is 412 g/mol. The molecule has 6 nitrogen and oxygen atoms in total. The Hall–Kier alpha value is -2.25. The summed E-state index contributed by atoms with van der Waals surface area (Å²) in [5.41, 5.74) is 3.75. The van der Waals surface area contributed by atoms with E-state index >= 15 is 0 Å². The summed E-state index contributed by atoms with van der Waals surface area (Å²) in [6.45, 7) is 5.62. The third-order valence-corrected chi connectivity index (χ3v) is 7.49. The van der Waals surface area contributed by atoms with Gasteiger partial charge in [0.1, 0.15) is 4.83 Å². The van der Waals surface area contributed by atoms with E-state index < -0.39 is 0 Å². The van der Waals surface area contributed by atoms with Crippen molar-refractivity contribution >= 4 is 27.3 Å². The van der Waals surface area contributed by atoms with Crippen LogP contribution in [-0.2, 0) is 30.7 Å². The summed E-state index contributed by atoms with van der Waals surface area (Å²) in [6.07, 6.45) is 6.98. The van der Waals surface area contributed by atoms with E-state index in [0.29, 0.717) is 5.56 Å². The van der Waals surface area contributed by atoms with Gasteiger partial charge < -0.3 is 9.30 Å². The minimum atomic E-state index is -0.0871. The van der Waals surface area contributed by atoms with Gasteiger partial charge in [0.05, 0.1) is 24.4 Å². The summed E-state index contributed by atoms with van der Waals surface area (Å²) >= 11 is 1.62. The minimum Gasteiger partial charge on any atom is -0.376 e. The molecule has 0 N–H and O–H groups in total. The number of hydrogen-bond donors (Lipinski definition) is 0. The van der Waals surface area contributed by atoms with Crippen LogP contribution in [0.3, 0.4) is 0 Å². The highest BCUT2D eigenvalue weighted by Crippen LogP contribution is 2.34. The van der Waals surface area contributed by atoms with Gasteiger partial charge in [0.25, 0.3) is 5.56 Å². The molecule has 0 saturated carbocycles. The molecule has 7 heteroatoms. The summed E-state index contributed by atoms with van der Waals surface area (Å²) in [5, 5.41) is 0.724. The smallest absolute Gasteiger partial charge is 0.262 e. The van der Waals surface area contributed by atoms with Crippen molar-refractivity contribution in [3.05, 3.63) is 50.1 Å². The Bertz CT molecular complexity index is 1160. The van der Waals surface area contributed by atoms with Gasteiger partial charge in [-0.05, 0) is 57.6 Å². The molecule has 0 radical (unpaired) electrons. The lowest BCUT2D eigenvalue weighted by Gasteiger charge is -2.14. The van der Waals surface area contributed by atoms with Gasteiger partial charge in [-0.1, -0.05) is 0 Å².